The molecule has 4 aliphatic rings. The van der Waals surface area contributed by atoms with E-state index in [1.54, 1.807) is 0 Å². The van der Waals surface area contributed by atoms with Gasteiger partial charge < -0.3 is 9.64 Å². The van der Waals surface area contributed by atoms with Crippen molar-refractivity contribution in [3.8, 4) is 17.9 Å². The summed E-state index contributed by atoms with van der Waals surface area (Å²) in [4.78, 5) is 20.9. The predicted octanol–water partition coefficient (Wildman–Crippen LogP) is 6.36. The van der Waals surface area contributed by atoms with Gasteiger partial charge in [-0.2, -0.15) is 28.2 Å². The molecule has 15 heteroatoms. The molecular formula is C34H36F6N8O. The number of piperidine rings is 1. The molecular weight excluding hydrogens is 650 g/mol. The molecule has 0 radical (unpaired) electrons. The van der Waals surface area contributed by atoms with Crippen molar-refractivity contribution in [3.63, 3.8) is 0 Å². The minimum Gasteiger partial charge on any atom is -0.461 e. The van der Waals surface area contributed by atoms with Crippen molar-refractivity contribution in [2.45, 2.75) is 77.2 Å². The Hall–Kier alpha value is -4.19. The highest BCUT2D eigenvalue weighted by molar-refractivity contribution is 5.99. The third kappa shape index (κ3) is 6.47. The number of nitrogens with zero attached hydrogens (tertiary/aromatic N) is 7. The van der Waals surface area contributed by atoms with E-state index in [1.165, 1.54) is 26.8 Å². The van der Waals surface area contributed by atoms with Crippen molar-refractivity contribution < 1.29 is 31.1 Å². The van der Waals surface area contributed by atoms with Crippen LogP contribution in [0.2, 0.25) is 0 Å². The van der Waals surface area contributed by atoms with Gasteiger partial charge in [0.25, 0.3) is 0 Å². The lowest BCUT2D eigenvalue weighted by molar-refractivity contribution is -0.139. The number of hydrogen-bond acceptors (Lipinski definition) is 9. The fourth-order valence-corrected chi connectivity index (χ4v) is 8.10. The number of fused-ring (bicyclic) bond motifs is 4. The van der Waals surface area contributed by atoms with E-state index >= 15 is 8.78 Å². The maximum absolute atomic E-state index is 16.2. The number of rotatable bonds is 6. The number of aromatic nitrogens is 4. The molecule has 2 bridgehead atoms. The Bertz CT molecular complexity index is 1860. The Morgan fingerprint density at radius 1 is 1.08 bits per heavy atom. The molecule has 260 valence electrons. The van der Waals surface area contributed by atoms with Gasteiger partial charge >= 0.3 is 12.2 Å². The van der Waals surface area contributed by atoms with Crippen LogP contribution >= 0.6 is 0 Å². The first-order chi connectivity index (χ1) is 23.3. The zero-order chi connectivity index (χ0) is 34.7. The second-order valence-corrected chi connectivity index (χ2v) is 13.7. The van der Waals surface area contributed by atoms with Crippen molar-refractivity contribution in [3.05, 3.63) is 40.2 Å². The van der Waals surface area contributed by atoms with Crippen LogP contribution < -0.4 is 15.1 Å². The van der Waals surface area contributed by atoms with E-state index < -0.39 is 40.6 Å². The number of halogens is 6. The van der Waals surface area contributed by atoms with Crippen LogP contribution in [0.15, 0.2) is 11.2 Å². The molecule has 2 aromatic heterocycles. The van der Waals surface area contributed by atoms with Crippen LogP contribution in [-0.4, -0.2) is 75.0 Å². The average Bonchev–Trinajstić information content (AvgIpc) is 3.67. The minimum atomic E-state index is -4.61. The van der Waals surface area contributed by atoms with Crippen LogP contribution in [0.25, 0.3) is 10.9 Å². The monoisotopic (exact) mass is 686 g/mol. The van der Waals surface area contributed by atoms with Crippen molar-refractivity contribution in [1.82, 2.24) is 24.8 Å². The fourth-order valence-electron chi connectivity index (χ4n) is 8.10. The average molecular weight is 687 g/mol. The topological polar surface area (TPSA) is 91.7 Å². The molecule has 1 aliphatic carbocycles. The molecule has 4 fully saturated rings. The molecule has 3 aromatic rings. The number of anilines is 2. The summed E-state index contributed by atoms with van der Waals surface area (Å²) in [7, 11) is 0. The Labute approximate surface area is 279 Å². The molecule has 1 saturated carbocycles. The number of aryl methyl sites for hydroxylation is 2. The highest BCUT2D eigenvalue weighted by atomic mass is 19.4. The summed E-state index contributed by atoms with van der Waals surface area (Å²) >= 11 is 0. The summed E-state index contributed by atoms with van der Waals surface area (Å²) in [5.74, 6) is 4.32. The lowest BCUT2D eigenvalue weighted by Gasteiger charge is -2.34. The molecule has 2 unspecified atom stereocenters. The van der Waals surface area contributed by atoms with Gasteiger partial charge in [0.05, 0.1) is 28.1 Å². The number of hydrogen-bond donors (Lipinski definition) is 1. The Balaban J connectivity index is 1.20. The summed E-state index contributed by atoms with van der Waals surface area (Å²) in [6.07, 6.45) is -0.180. The van der Waals surface area contributed by atoms with E-state index in [4.69, 9.17) is 9.72 Å². The van der Waals surface area contributed by atoms with Crippen LogP contribution in [0.3, 0.4) is 0 Å². The number of alkyl halides is 4. The van der Waals surface area contributed by atoms with Gasteiger partial charge in [0.2, 0.25) is 5.95 Å². The molecule has 1 N–H and O–H groups in total. The van der Waals surface area contributed by atoms with E-state index in [-0.39, 0.29) is 46.6 Å². The maximum Gasteiger partial charge on any atom is 0.419 e. The van der Waals surface area contributed by atoms with Crippen LogP contribution in [0.1, 0.15) is 68.0 Å². The number of ether oxygens (including phenoxy) is 1. The second kappa shape index (κ2) is 12.6. The zero-order valence-corrected chi connectivity index (χ0v) is 27.4. The number of nitrogens with one attached hydrogen (secondary N) is 1. The molecule has 3 saturated heterocycles. The molecule has 0 spiro atoms. The van der Waals surface area contributed by atoms with Crippen LogP contribution in [-0.2, 0) is 6.18 Å². The zero-order valence-electron chi connectivity index (χ0n) is 27.4. The Kier molecular flexibility index (Phi) is 8.57. The first kappa shape index (κ1) is 33.3. The molecule has 9 nitrogen and oxygen atoms in total. The van der Waals surface area contributed by atoms with Crippen LogP contribution in [0.5, 0.6) is 6.01 Å². The normalized spacial score (nSPS) is 25.4. The standard InChI is InChI=1S/C34H36F6N8O/c1-18(45-46-31-41-19(2)27(20(3)42-31)34(38,39)40)5-8-24-26(36)12-25-29(28(24)37)43-32(44-30(25)47-14-21-6-7-22(11-21)15-47)49-17-33-9-4-10-48(33)16-23(35)13-33/h12,21-23H,4,6-7,9-11,13-17H2,1-3H3,(H,41,42,46)/b45-18-/t21?,22?,23-,33+/m1/s1. The van der Waals surface area contributed by atoms with E-state index in [2.05, 4.69) is 47.1 Å². The molecule has 3 aliphatic heterocycles. The van der Waals surface area contributed by atoms with Gasteiger partial charge in [-0.3, -0.25) is 4.90 Å². The minimum absolute atomic E-state index is 0.0579. The number of hydrazone groups is 1. The van der Waals surface area contributed by atoms with Gasteiger partial charge in [-0.1, -0.05) is 5.92 Å². The Morgan fingerprint density at radius 3 is 2.49 bits per heavy atom. The van der Waals surface area contributed by atoms with Gasteiger partial charge in [0.15, 0.2) is 5.82 Å². The fraction of sp³-hybridized carbons (Fsp3) is 0.559. The van der Waals surface area contributed by atoms with Gasteiger partial charge in [-0.05, 0) is 83.2 Å². The lowest BCUT2D eigenvalue weighted by Crippen LogP contribution is -2.43. The molecule has 7 rings (SSSR count). The second-order valence-electron chi connectivity index (χ2n) is 13.7. The first-order valence-electron chi connectivity index (χ1n) is 16.5. The number of benzene rings is 1. The van der Waals surface area contributed by atoms with Crippen molar-refractivity contribution in [2.75, 3.05) is 43.1 Å². The highest BCUT2D eigenvalue weighted by Crippen LogP contribution is 2.42. The van der Waals surface area contributed by atoms with Gasteiger partial charge in [0, 0.05) is 31.4 Å². The molecule has 5 heterocycles. The lowest BCUT2D eigenvalue weighted by atomic mass is 9.95. The molecule has 49 heavy (non-hydrogen) atoms. The van der Waals surface area contributed by atoms with Crippen molar-refractivity contribution >= 4 is 28.4 Å². The van der Waals surface area contributed by atoms with E-state index in [1.807, 2.05) is 0 Å². The summed E-state index contributed by atoms with van der Waals surface area (Å²) in [6.45, 7) is 6.59. The third-order valence-corrected chi connectivity index (χ3v) is 10.2. The smallest absolute Gasteiger partial charge is 0.419 e. The summed E-state index contributed by atoms with van der Waals surface area (Å²) < 4.78 is 92.2. The summed E-state index contributed by atoms with van der Waals surface area (Å²) in [6, 6.07) is 1.13. The molecule has 4 atom stereocenters. The molecule has 1 aromatic carbocycles. The highest BCUT2D eigenvalue weighted by Gasteiger charge is 2.49. The summed E-state index contributed by atoms with van der Waals surface area (Å²) in [5, 5.41) is 4.17. The first-order valence-corrected chi connectivity index (χ1v) is 16.5. The van der Waals surface area contributed by atoms with Crippen molar-refractivity contribution in [1.29, 1.82) is 0 Å². The van der Waals surface area contributed by atoms with E-state index in [9.17, 15) is 17.6 Å². The maximum atomic E-state index is 16.2. The Morgan fingerprint density at radius 2 is 1.80 bits per heavy atom. The summed E-state index contributed by atoms with van der Waals surface area (Å²) in [5.41, 5.74) is -0.107. The van der Waals surface area contributed by atoms with Gasteiger partial charge in [0.1, 0.15) is 35.6 Å². The van der Waals surface area contributed by atoms with Crippen LogP contribution in [0, 0.1) is 49.2 Å². The largest absolute Gasteiger partial charge is 0.461 e. The van der Waals surface area contributed by atoms with Crippen LogP contribution in [0.4, 0.5) is 38.1 Å². The van der Waals surface area contributed by atoms with Crippen molar-refractivity contribution in [2.24, 2.45) is 16.9 Å². The van der Waals surface area contributed by atoms with Gasteiger partial charge in [-0.15, -0.1) is 0 Å². The van der Waals surface area contributed by atoms with E-state index in [0.29, 0.717) is 43.7 Å². The third-order valence-electron chi connectivity index (χ3n) is 10.2. The van der Waals surface area contributed by atoms with Gasteiger partial charge in [-0.25, -0.2) is 28.6 Å². The quantitative estimate of drug-likeness (QED) is 0.139. The van der Waals surface area contributed by atoms with E-state index in [0.717, 1.165) is 38.6 Å². The molecule has 0 amide bonds. The predicted molar refractivity (Wildman–Crippen MR) is 171 cm³/mol. The SMILES string of the molecule is C/C(C#Cc1c(F)cc2c(N3CC4CCC(C4)C3)nc(OC[C@@]34CCCN3C[C@H](F)C4)nc2c1F)=N/Nc1nc(C)c(C(F)(F)F)c(C)n1.